The number of hydrogen-bond acceptors (Lipinski definition) is 6. The molecular formula is C22H25N3O6S. The largest absolute Gasteiger partial charge is 0.497 e. The number of benzene rings is 2. The van der Waals surface area contributed by atoms with E-state index < -0.39 is 22.0 Å². The standard InChI is InChI=1S/C22H25N3O6S/c1-14-21(26)24-19-12-18(9-10-20(19)31-14)32(28,29)25-11-3-4-15(13-25)22(27)23-16-5-7-17(30-2)8-6-16/h5-10,12,14-15H,3-4,11,13H2,1-2H3,(H,23,27)(H,24,26)/t14-,15+/m1/s1. The minimum atomic E-state index is -3.84. The van der Waals surface area contributed by atoms with E-state index in [2.05, 4.69) is 10.6 Å². The van der Waals surface area contributed by atoms with Crippen LogP contribution in [0.2, 0.25) is 0 Å². The molecule has 0 bridgehead atoms. The number of carbonyl (C=O) groups is 2. The Hall–Kier alpha value is -3.11. The van der Waals surface area contributed by atoms with Crippen molar-refractivity contribution in [3.05, 3.63) is 42.5 Å². The van der Waals surface area contributed by atoms with E-state index in [0.717, 1.165) is 0 Å². The summed E-state index contributed by atoms with van der Waals surface area (Å²) in [6.07, 6.45) is 0.527. The van der Waals surface area contributed by atoms with E-state index in [9.17, 15) is 18.0 Å². The van der Waals surface area contributed by atoms with Crippen LogP contribution in [0.15, 0.2) is 47.4 Å². The van der Waals surface area contributed by atoms with Crippen molar-refractivity contribution in [3.8, 4) is 11.5 Å². The highest BCUT2D eigenvalue weighted by Gasteiger charge is 2.34. The Morgan fingerprint density at radius 3 is 2.69 bits per heavy atom. The van der Waals surface area contributed by atoms with Gasteiger partial charge in [-0.05, 0) is 62.2 Å². The lowest BCUT2D eigenvalue weighted by Gasteiger charge is -2.31. The van der Waals surface area contributed by atoms with Gasteiger partial charge in [-0.1, -0.05) is 0 Å². The molecule has 0 radical (unpaired) electrons. The first kappa shape index (κ1) is 22.1. The van der Waals surface area contributed by atoms with E-state index in [0.29, 0.717) is 42.3 Å². The molecule has 0 spiro atoms. The number of hydrogen-bond donors (Lipinski definition) is 2. The van der Waals surface area contributed by atoms with Gasteiger partial charge in [0.25, 0.3) is 5.91 Å². The lowest BCUT2D eigenvalue weighted by Crippen LogP contribution is -2.43. The van der Waals surface area contributed by atoms with E-state index in [1.54, 1.807) is 38.3 Å². The fraction of sp³-hybridized carbons (Fsp3) is 0.364. The molecule has 0 aliphatic carbocycles. The summed E-state index contributed by atoms with van der Waals surface area (Å²) in [6.45, 7) is 2.03. The smallest absolute Gasteiger partial charge is 0.265 e. The average molecular weight is 460 g/mol. The number of carbonyl (C=O) groups excluding carboxylic acids is 2. The minimum absolute atomic E-state index is 0.0471. The molecule has 1 fully saturated rings. The maximum absolute atomic E-state index is 13.2. The topological polar surface area (TPSA) is 114 Å². The minimum Gasteiger partial charge on any atom is -0.497 e. The van der Waals surface area contributed by atoms with Gasteiger partial charge in [0, 0.05) is 18.8 Å². The molecule has 2 amide bonds. The molecule has 0 unspecified atom stereocenters. The summed E-state index contributed by atoms with van der Waals surface area (Å²) in [5, 5.41) is 5.51. The van der Waals surface area contributed by atoms with E-state index in [-0.39, 0.29) is 23.3 Å². The fourth-order valence-corrected chi connectivity index (χ4v) is 5.34. The number of sulfonamides is 1. The zero-order valence-electron chi connectivity index (χ0n) is 17.8. The second kappa shape index (κ2) is 8.79. The molecule has 2 heterocycles. The van der Waals surface area contributed by atoms with Crippen LogP contribution in [0.1, 0.15) is 19.8 Å². The second-order valence-electron chi connectivity index (χ2n) is 7.83. The SMILES string of the molecule is COc1ccc(NC(=O)[C@H]2CCCN(S(=O)(=O)c3ccc4c(c3)NC(=O)[C@@H](C)O4)C2)cc1. The molecule has 2 aromatic carbocycles. The van der Waals surface area contributed by atoms with Gasteiger partial charge in [-0.2, -0.15) is 4.31 Å². The highest BCUT2D eigenvalue weighted by Crippen LogP contribution is 2.33. The number of methoxy groups -OCH3 is 1. The lowest BCUT2D eigenvalue weighted by atomic mass is 9.99. The van der Waals surface area contributed by atoms with Gasteiger partial charge < -0.3 is 20.1 Å². The Morgan fingerprint density at radius 1 is 1.22 bits per heavy atom. The number of rotatable bonds is 5. The van der Waals surface area contributed by atoms with Crippen molar-refractivity contribution in [3.63, 3.8) is 0 Å². The molecule has 2 aliphatic heterocycles. The highest BCUT2D eigenvalue weighted by atomic mass is 32.2. The summed E-state index contributed by atoms with van der Waals surface area (Å²) in [5.74, 6) is 0.0723. The van der Waals surface area contributed by atoms with Gasteiger partial charge in [0.15, 0.2) is 6.10 Å². The third-order valence-corrected chi connectivity index (χ3v) is 7.49. The normalized spacial score (nSPS) is 21.1. The van der Waals surface area contributed by atoms with Crippen LogP contribution in [-0.2, 0) is 19.6 Å². The van der Waals surface area contributed by atoms with Gasteiger partial charge >= 0.3 is 0 Å². The first-order valence-electron chi connectivity index (χ1n) is 10.3. The van der Waals surface area contributed by atoms with Crippen LogP contribution in [0.25, 0.3) is 0 Å². The van der Waals surface area contributed by atoms with Gasteiger partial charge in [0.05, 0.1) is 23.6 Å². The predicted molar refractivity (Wildman–Crippen MR) is 118 cm³/mol. The van der Waals surface area contributed by atoms with Gasteiger partial charge in [0.1, 0.15) is 11.5 Å². The fourth-order valence-electron chi connectivity index (χ4n) is 3.79. The van der Waals surface area contributed by atoms with Gasteiger partial charge in [-0.25, -0.2) is 8.42 Å². The number of nitrogens with zero attached hydrogens (tertiary/aromatic N) is 1. The Kier molecular flexibility index (Phi) is 6.07. The van der Waals surface area contributed by atoms with Crippen molar-refractivity contribution in [2.75, 3.05) is 30.8 Å². The average Bonchev–Trinajstić information content (AvgIpc) is 2.80. The van der Waals surface area contributed by atoms with Crippen molar-refractivity contribution < 1.29 is 27.5 Å². The van der Waals surface area contributed by atoms with Crippen LogP contribution < -0.4 is 20.1 Å². The molecule has 1 saturated heterocycles. The Morgan fingerprint density at radius 2 is 1.97 bits per heavy atom. The monoisotopic (exact) mass is 459 g/mol. The van der Waals surface area contributed by atoms with Gasteiger partial charge in [-0.15, -0.1) is 0 Å². The second-order valence-corrected chi connectivity index (χ2v) is 9.77. The third kappa shape index (κ3) is 4.42. The van der Waals surface area contributed by atoms with E-state index in [1.165, 1.54) is 22.5 Å². The van der Waals surface area contributed by atoms with Crippen LogP contribution >= 0.6 is 0 Å². The highest BCUT2D eigenvalue weighted by molar-refractivity contribution is 7.89. The number of nitrogens with one attached hydrogen (secondary N) is 2. The predicted octanol–water partition coefficient (Wildman–Crippen LogP) is 2.45. The van der Waals surface area contributed by atoms with Gasteiger partial charge in [0.2, 0.25) is 15.9 Å². The Labute approximate surface area is 186 Å². The number of ether oxygens (including phenoxy) is 2. The van der Waals surface area contributed by atoms with Gasteiger partial charge in [-0.3, -0.25) is 9.59 Å². The summed E-state index contributed by atoms with van der Waals surface area (Å²) in [6, 6.07) is 11.3. The summed E-state index contributed by atoms with van der Waals surface area (Å²) in [7, 11) is -2.28. The summed E-state index contributed by atoms with van der Waals surface area (Å²) in [5.41, 5.74) is 0.940. The van der Waals surface area contributed by atoms with Crippen LogP contribution in [0.4, 0.5) is 11.4 Å². The number of amides is 2. The summed E-state index contributed by atoms with van der Waals surface area (Å²) >= 11 is 0. The Bertz CT molecular complexity index is 1130. The van der Waals surface area contributed by atoms with Crippen molar-refractivity contribution in [1.82, 2.24) is 4.31 Å². The van der Waals surface area contributed by atoms with Crippen LogP contribution in [0, 0.1) is 5.92 Å². The number of anilines is 2. The Balaban J connectivity index is 1.48. The van der Waals surface area contributed by atoms with Crippen molar-refractivity contribution in [2.24, 2.45) is 5.92 Å². The van der Waals surface area contributed by atoms with Crippen molar-refractivity contribution in [2.45, 2.75) is 30.8 Å². The summed E-state index contributed by atoms with van der Waals surface area (Å²) < 4.78 is 38.4. The van der Waals surface area contributed by atoms with Crippen LogP contribution in [0.5, 0.6) is 11.5 Å². The molecule has 2 N–H and O–H groups in total. The first-order chi connectivity index (χ1) is 15.3. The zero-order valence-corrected chi connectivity index (χ0v) is 18.6. The zero-order chi connectivity index (χ0) is 22.9. The maximum Gasteiger partial charge on any atom is 0.265 e. The third-order valence-electron chi connectivity index (χ3n) is 5.63. The molecule has 2 atom stereocenters. The first-order valence-corrected chi connectivity index (χ1v) is 11.8. The molecule has 2 aromatic rings. The molecule has 9 nitrogen and oxygen atoms in total. The van der Waals surface area contributed by atoms with E-state index in [4.69, 9.17) is 9.47 Å². The van der Waals surface area contributed by atoms with Crippen molar-refractivity contribution >= 4 is 33.2 Å². The van der Waals surface area contributed by atoms with Crippen LogP contribution in [-0.4, -0.2) is 50.8 Å². The van der Waals surface area contributed by atoms with E-state index in [1.807, 2.05) is 0 Å². The molecule has 0 saturated carbocycles. The van der Waals surface area contributed by atoms with Crippen molar-refractivity contribution in [1.29, 1.82) is 0 Å². The number of fused-ring (bicyclic) bond motifs is 1. The van der Waals surface area contributed by atoms with E-state index >= 15 is 0 Å². The molecular weight excluding hydrogens is 434 g/mol. The van der Waals surface area contributed by atoms with Crippen LogP contribution in [0.3, 0.4) is 0 Å². The molecule has 10 heteroatoms. The number of piperidine rings is 1. The lowest BCUT2D eigenvalue weighted by molar-refractivity contribution is -0.123. The molecule has 32 heavy (non-hydrogen) atoms. The molecule has 2 aliphatic rings. The summed E-state index contributed by atoms with van der Waals surface area (Å²) in [4.78, 5) is 24.7. The quantitative estimate of drug-likeness (QED) is 0.710. The molecule has 0 aromatic heterocycles. The molecule has 170 valence electrons. The molecule has 4 rings (SSSR count). The maximum atomic E-state index is 13.2.